The topological polar surface area (TPSA) is 45.4 Å². The highest BCUT2D eigenvalue weighted by atomic mass is 16.3. The second kappa shape index (κ2) is 6.42. The van der Waals surface area contributed by atoms with E-state index in [1.165, 1.54) is 5.56 Å². The molecule has 20 heavy (non-hydrogen) atoms. The molecule has 2 rings (SSSR count). The van der Waals surface area contributed by atoms with Gasteiger partial charge < -0.3 is 14.8 Å². The monoisotopic (exact) mass is 275 g/mol. The minimum atomic E-state index is -0.0784. The van der Waals surface area contributed by atoms with Crippen LogP contribution in [-0.2, 0) is 5.41 Å². The van der Waals surface area contributed by atoms with Crippen molar-refractivity contribution in [1.82, 2.24) is 5.32 Å². The highest BCUT2D eigenvalue weighted by molar-refractivity contribution is 5.78. The van der Waals surface area contributed by atoms with Gasteiger partial charge in [0.05, 0.1) is 12.9 Å². The van der Waals surface area contributed by atoms with Crippen molar-refractivity contribution in [2.45, 2.75) is 45.1 Å². The fourth-order valence-corrected chi connectivity index (χ4v) is 3.10. The number of likely N-dealkylation sites (N-methyl/N-ethyl adjacent to an activating group) is 1. The Balaban J connectivity index is 2.43. The van der Waals surface area contributed by atoms with Crippen molar-refractivity contribution in [1.29, 1.82) is 0 Å². The summed E-state index contributed by atoms with van der Waals surface area (Å²) in [7, 11) is 0. The first-order valence-electron chi connectivity index (χ1n) is 7.47. The Morgan fingerprint density at radius 3 is 2.75 bits per heavy atom. The van der Waals surface area contributed by atoms with Crippen LogP contribution >= 0.6 is 0 Å². The summed E-state index contributed by atoms with van der Waals surface area (Å²) in [5, 5.41) is 14.3. The van der Waals surface area contributed by atoms with Gasteiger partial charge in [-0.3, -0.25) is 0 Å². The second-order valence-electron chi connectivity index (χ2n) is 5.63. The minimum absolute atomic E-state index is 0.0665. The van der Waals surface area contributed by atoms with Gasteiger partial charge in [0, 0.05) is 16.8 Å². The van der Waals surface area contributed by atoms with Gasteiger partial charge in [0.15, 0.2) is 0 Å². The molecule has 3 heteroatoms. The summed E-state index contributed by atoms with van der Waals surface area (Å²) in [5.74, 6) is 0. The van der Waals surface area contributed by atoms with E-state index < -0.39 is 0 Å². The van der Waals surface area contributed by atoms with Crippen molar-refractivity contribution in [2.24, 2.45) is 0 Å². The normalized spacial score (nSPS) is 16.2. The fraction of sp³-hybridized carbons (Fsp3) is 0.529. The minimum Gasteiger partial charge on any atom is -0.464 e. The first-order valence-corrected chi connectivity index (χ1v) is 7.47. The van der Waals surface area contributed by atoms with E-state index in [2.05, 4.69) is 38.2 Å². The number of hydrogen-bond acceptors (Lipinski definition) is 3. The lowest BCUT2D eigenvalue weighted by Gasteiger charge is -2.38. The Labute approximate surface area is 121 Å². The van der Waals surface area contributed by atoms with E-state index in [1.807, 2.05) is 12.1 Å². The average molecular weight is 275 g/mol. The SMILES string of the molecule is CCCC(C)(c1ccc2occc2c1)C(CO)NCC. The molecule has 0 amide bonds. The maximum Gasteiger partial charge on any atom is 0.133 e. The van der Waals surface area contributed by atoms with Crippen LogP contribution < -0.4 is 5.32 Å². The van der Waals surface area contributed by atoms with E-state index >= 15 is 0 Å². The molecular weight excluding hydrogens is 250 g/mol. The van der Waals surface area contributed by atoms with Gasteiger partial charge in [-0.25, -0.2) is 0 Å². The van der Waals surface area contributed by atoms with Crippen LogP contribution in [0.5, 0.6) is 0 Å². The summed E-state index contributed by atoms with van der Waals surface area (Å²) in [6.07, 6.45) is 3.84. The lowest BCUT2D eigenvalue weighted by molar-refractivity contribution is 0.177. The lowest BCUT2D eigenvalue weighted by Crippen LogP contribution is -2.49. The molecule has 0 aliphatic carbocycles. The van der Waals surface area contributed by atoms with Gasteiger partial charge >= 0.3 is 0 Å². The number of aliphatic hydroxyl groups is 1. The van der Waals surface area contributed by atoms with E-state index in [-0.39, 0.29) is 18.1 Å². The van der Waals surface area contributed by atoms with Crippen LogP contribution in [0.2, 0.25) is 0 Å². The summed E-state index contributed by atoms with van der Waals surface area (Å²) in [5.41, 5.74) is 2.09. The Bertz CT molecular complexity index is 549. The molecule has 1 aromatic carbocycles. The van der Waals surface area contributed by atoms with Crippen LogP contribution in [0.3, 0.4) is 0 Å². The van der Waals surface area contributed by atoms with Crippen molar-refractivity contribution in [2.75, 3.05) is 13.2 Å². The molecule has 1 heterocycles. The molecule has 1 aromatic heterocycles. The molecule has 0 aliphatic rings. The smallest absolute Gasteiger partial charge is 0.133 e. The predicted molar refractivity (Wildman–Crippen MR) is 83.0 cm³/mol. The predicted octanol–water partition coefficient (Wildman–Crippen LogP) is 3.46. The van der Waals surface area contributed by atoms with Crippen molar-refractivity contribution in [3.8, 4) is 0 Å². The summed E-state index contributed by atoms with van der Waals surface area (Å²) in [4.78, 5) is 0. The third kappa shape index (κ3) is 2.74. The molecule has 2 N–H and O–H groups in total. The van der Waals surface area contributed by atoms with E-state index in [0.29, 0.717) is 0 Å². The maximum atomic E-state index is 9.77. The number of benzene rings is 1. The van der Waals surface area contributed by atoms with Crippen molar-refractivity contribution in [3.05, 3.63) is 36.1 Å². The van der Waals surface area contributed by atoms with Crippen molar-refractivity contribution < 1.29 is 9.52 Å². The van der Waals surface area contributed by atoms with E-state index in [4.69, 9.17) is 4.42 Å². The van der Waals surface area contributed by atoms with Crippen LogP contribution in [0, 0.1) is 0 Å². The standard InChI is InChI=1S/C17H25NO2/c1-4-9-17(3,16(12-19)18-5-2)14-6-7-15-13(11-14)8-10-20-15/h6-8,10-11,16,18-19H,4-5,9,12H2,1-3H3. The molecule has 0 saturated carbocycles. The zero-order valence-corrected chi connectivity index (χ0v) is 12.6. The molecule has 110 valence electrons. The molecule has 3 nitrogen and oxygen atoms in total. The van der Waals surface area contributed by atoms with Gasteiger partial charge in [-0.05, 0) is 36.7 Å². The van der Waals surface area contributed by atoms with Gasteiger partial charge in [0.2, 0.25) is 0 Å². The van der Waals surface area contributed by atoms with Gasteiger partial charge in [0.1, 0.15) is 5.58 Å². The quantitative estimate of drug-likeness (QED) is 0.813. The zero-order chi connectivity index (χ0) is 14.6. The average Bonchev–Trinajstić information content (AvgIpc) is 2.92. The van der Waals surface area contributed by atoms with Gasteiger partial charge in [0.25, 0.3) is 0 Å². The van der Waals surface area contributed by atoms with E-state index in [1.54, 1.807) is 6.26 Å². The maximum absolute atomic E-state index is 9.77. The van der Waals surface area contributed by atoms with Crippen LogP contribution in [0.25, 0.3) is 11.0 Å². The summed E-state index contributed by atoms with van der Waals surface area (Å²) >= 11 is 0. The van der Waals surface area contributed by atoms with Gasteiger partial charge in [-0.2, -0.15) is 0 Å². The van der Waals surface area contributed by atoms with Crippen molar-refractivity contribution >= 4 is 11.0 Å². The van der Waals surface area contributed by atoms with E-state index in [0.717, 1.165) is 30.4 Å². The van der Waals surface area contributed by atoms with Crippen LogP contribution in [0.4, 0.5) is 0 Å². The van der Waals surface area contributed by atoms with Gasteiger partial charge in [-0.1, -0.05) is 33.3 Å². The molecule has 2 unspecified atom stereocenters. The summed E-state index contributed by atoms with van der Waals surface area (Å²) in [6.45, 7) is 7.51. The third-order valence-electron chi connectivity index (χ3n) is 4.28. The number of aliphatic hydroxyl groups excluding tert-OH is 1. The number of hydrogen-bond donors (Lipinski definition) is 2. The summed E-state index contributed by atoms with van der Waals surface area (Å²) < 4.78 is 5.41. The lowest BCUT2D eigenvalue weighted by atomic mass is 9.72. The number of rotatable bonds is 7. The largest absolute Gasteiger partial charge is 0.464 e. The second-order valence-corrected chi connectivity index (χ2v) is 5.63. The third-order valence-corrected chi connectivity index (χ3v) is 4.28. The summed E-state index contributed by atoms with van der Waals surface area (Å²) in [6, 6.07) is 8.40. The molecule has 2 aromatic rings. The Morgan fingerprint density at radius 1 is 1.30 bits per heavy atom. The molecule has 2 atom stereocenters. The molecule has 0 saturated heterocycles. The van der Waals surface area contributed by atoms with Gasteiger partial charge in [-0.15, -0.1) is 0 Å². The number of nitrogens with one attached hydrogen (secondary N) is 1. The molecular formula is C17H25NO2. The van der Waals surface area contributed by atoms with E-state index in [9.17, 15) is 5.11 Å². The van der Waals surface area contributed by atoms with Crippen LogP contribution in [0.15, 0.2) is 34.9 Å². The molecule has 0 aliphatic heterocycles. The molecule has 0 fully saturated rings. The Hall–Kier alpha value is -1.32. The van der Waals surface area contributed by atoms with Crippen molar-refractivity contribution in [3.63, 3.8) is 0 Å². The Kier molecular flexibility index (Phi) is 4.84. The zero-order valence-electron chi connectivity index (χ0n) is 12.6. The first kappa shape index (κ1) is 15.1. The highest BCUT2D eigenvalue weighted by Crippen LogP contribution is 2.34. The van der Waals surface area contributed by atoms with Crippen LogP contribution in [-0.4, -0.2) is 24.3 Å². The molecule has 0 bridgehead atoms. The fourth-order valence-electron chi connectivity index (χ4n) is 3.10. The Morgan fingerprint density at radius 2 is 2.10 bits per heavy atom. The number of fused-ring (bicyclic) bond motifs is 1. The molecule has 0 spiro atoms. The van der Waals surface area contributed by atoms with Crippen LogP contribution in [0.1, 0.15) is 39.2 Å². The highest BCUT2D eigenvalue weighted by Gasteiger charge is 2.34. The first-order chi connectivity index (χ1) is 9.65. The molecule has 0 radical (unpaired) electrons. The number of furan rings is 1.